The largest absolute Gasteiger partial charge is 0.394 e. The third-order valence-electron chi connectivity index (χ3n) is 5.12. The van der Waals surface area contributed by atoms with Crippen LogP contribution < -0.4 is 15.5 Å². The van der Waals surface area contributed by atoms with Crippen LogP contribution in [0, 0.1) is 5.82 Å². The average Bonchev–Trinajstić information content (AvgIpc) is 3.02. The highest BCUT2D eigenvalue weighted by Crippen LogP contribution is 2.31. The Kier molecular flexibility index (Phi) is 6.58. The molecule has 166 valence electrons. The van der Waals surface area contributed by atoms with Crippen molar-refractivity contribution in [3.05, 3.63) is 66.1 Å². The van der Waals surface area contributed by atoms with Gasteiger partial charge < -0.3 is 15.5 Å². The van der Waals surface area contributed by atoms with Crippen LogP contribution in [0.25, 0.3) is 11.3 Å². The fraction of sp³-hybridized carbons (Fsp3) is 0.261. The second kappa shape index (κ2) is 9.71. The van der Waals surface area contributed by atoms with Gasteiger partial charge in [0.2, 0.25) is 0 Å². The molecule has 0 aliphatic carbocycles. The summed E-state index contributed by atoms with van der Waals surface area (Å²) in [5.41, 5.74) is 3.11. The predicted octanol–water partition coefficient (Wildman–Crippen LogP) is 3.03. The number of aromatic nitrogens is 2. The molecule has 0 fully saturated rings. The molecule has 8 nitrogen and oxygen atoms in total. The van der Waals surface area contributed by atoms with Crippen LogP contribution >= 0.6 is 0 Å². The summed E-state index contributed by atoms with van der Waals surface area (Å²) in [5.74, 6) is 0.259. The third-order valence-corrected chi connectivity index (χ3v) is 5.12. The number of hydrogen-bond acceptors (Lipinski definition) is 6. The summed E-state index contributed by atoms with van der Waals surface area (Å²) in [4.78, 5) is 23.2. The van der Waals surface area contributed by atoms with Gasteiger partial charge in [0.15, 0.2) is 5.82 Å². The summed E-state index contributed by atoms with van der Waals surface area (Å²) in [6.07, 6.45) is 1.28. The number of amides is 2. The maximum absolute atomic E-state index is 13.1. The van der Waals surface area contributed by atoms with E-state index in [0.29, 0.717) is 31.0 Å². The fourth-order valence-electron chi connectivity index (χ4n) is 3.54. The standard InChI is InChI=1S/C23H24FN5O3/c24-17-5-8-21(26-13-17)28-23(32)29-10-2-9-25-20-7-6-19(27-22(20)29)16-4-1-3-15(11-16)12-18(31)14-30/h1,3-8,11,13,18,25,30-31H,2,9-10,12,14H2,(H,26,28,32). The van der Waals surface area contributed by atoms with E-state index in [1.165, 1.54) is 12.1 Å². The monoisotopic (exact) mass is 437 g/mol. The Morgan fingerprint density at radius 2 is 2.12 bits per heavy atom. The lowest BCUT2D eigenvalue weighted by Gasteiger charge is -2.22. The molecule has 32 heavy (non-hydrogen) atoms. The zero-order chi connectivity index (χ0) is 22.5. The second-order valence-electron chi connectivity index (χ2n) is 7.53. The number of pyridine rings is 2. The highest BCUT2D eigenvalue weighted by molar-refractivity contribution is 6.02. The normalized spacial score (nSPS) is 14.2. The molecule has 0 bridgehead atoms. The summed E-state index contributed by atoms with van der Waals surface area (Å²) in [7, 11) is 0. The average molecular weight is 437 g/mol. The molecule has 2 amide bonds. The van der Waals surface area contributed by atoms with Crippen LogP contribution in [0.4, 0.5) is 26.5 Å². The number of urea groups is 1. The van der Waals surface area contributed by atoms with Crippen molar-refractivity contribution in [2.24, 2.45) is 0 Å². The summed E-state index contributed by atoms with van der Waals surface area (Å²) in [5, 5.41) is 24.8. The molecule has 0 spiro atoms. The third kappa shape index (κ3) is 5.01. The van der Waals surface area contributed by atoms with Crippen molar-refractivity contribution in [3.8, 4) is 11.3 Å². The van der Waals surface area contributed by atoms with Gasteiger partial charge in [-0.3, -0.25) is 10.2 Å². The number of benzene rings is 1. The van der Waals surface area contributed by atoms with E-state index in [-0.39, 0.29) is 12.4 Å². The number of fused-ring (bicyclic) bond motifs is 1. The van der Waals surface area contributed by atoms with Gasteiger partial charge in [-0.05, 0) is 42.3 Å². The first-order chi connectivity index (χ1) is 15.5. The molecular formula is C23H24FN5O3. The first kappa shape index (κ1) is 21.7. The number of rotatable bonds is 5. The summed E-state index contributed by atoms with van der Waals surface area (Å²) in [6, 6.07) is 13.5. The Balaban J connectivity index is 1.63. The molecule has 0 saturated heterocycles. The van der Waals surface area contributed by atoms with Crippen molar-refractivity contribution < 1.29 is 19.4 Å². The number of aliphatic hydroxyl groups is 2. The molecule has 1 aliphatic rings. The van der Waals surface area contributed by atoms with Crippen molar-refractivity contribution in [3.63, 3.8) is 0 Å². The van der Waals surface area contributed by atoms with E-state index in [9.17, 15) is 14.3 Å². The van der Waals surface area contributed by atoms with Gasteiger partial charge in [-0.1, -0.05) is 18.2 Å². The van der Waals surface area contributed by atoms with Gasteiger partial charge in [0.05, 0.1) is 30.3 Å². The number of halogens is 1. The van der Waals surface area contributed by atoms with Crippen molar-refractivity contribution in [2.75, 3.05) is 35.2 Å². The number of nitrogens with one attached hydrogen (secondary N) is 2. The van der Waals surface area contributed by atoms with E-state index in [1.807, 2.05) is 36.4 Å². The topological polar surface area (TPSA) is 111 Å². The smallest absolute Gasteiger partial charge is 0.328 e. The summed E-state index contributed by atoms with van der Waals surface area (Å²) >= 11 is 0. The molecule has 9 heteroatoms. The van der Waals surface area contributed by atoms with Gasteiger partial charge in [0, 0.05) is 25.1 Å². The Labute approximate surface area is 184 Å². The highest BCUT2D eigenvalue weighted by Gasteiger charge is 2.24. The van der Waals surface area contributed by atoms with Crippen molar-refractivity contribution in [1.29, 1.82) is 0 Å². The van der Waals surface area contributed by atoms with E-state index < -0.39 is 18.0 Å². The maximum atomic E-state index is 13.1. The molecule has 4 N–H and O–H groups in total. The second-order valence-corrected chi connectivity index (χ2v) is 7.53. The van der Waals surface area contributed by atoms with Crippen LogP contribution in [0.3, 0.4) is 0 Å². The lowest BCUT2D eigenvalue weighted by atomic mass is 10.0. The van der Waals surface area contributed by atoms with Crippen LogP contribution in [0.2, 0.25) is 0 Å². The van der Waals surface area contributed by atoms with Gasteiger partial charge in [-0.15, -0.1) is 0 Å². The molecular weight excluding hydrogens is 413 g/mol. The van der Waals surface area contributed by atoms with Gasteiger partial charge in [-0.2, -0.15) is 0 Å². The molecule has 1 unspecified atom stereocenters. The van der Waals surface area contributed by atoms with Gasteiger partial charge in [-0.25, -0.2) is 19.2 Å². The van der Waals surface area contributed by atoms with Gasteiger partial charge in [0.1, 0.15) is 11.6 Å². The molecule has 3 aromatic rings. The first-order valence-corrected chi connectivity index (χ1v) is 10.4. The van der Waals surface area contributed by atoms with E-state index >= 15 is 0 Å². The molecule has 0 radical (unpaired) electrons. The number of aliphatic hydroxyl groups excluding tert-OH is 2. The summed E-state index contributed by atoms with van der Waals surface area (Å²) in [6.45, 7) is 0.841. The number of carbonyl (C=O) groups is 1. The van der Waals surface area contributed by atoms with Gasteiger partial charge in [0.25, 0.3) is 0 Å². The highest BCUT2D eigenvalue weighted by atomic mass is 19.1. The van der Waals surface area contributed by atoms with Crippen LogP contribution in [-0.4, -0.2) is 52.0 Å². The minimum atomic E-state index is -0.825. The molecule has 1 aliphatic heterocycles. The number of nitrogens with zero attached hydrogens (tertiary/aromatic N) is 3. The Morgan fingerprint density at radius 3 is 2.91 bits per heavy atom. The van der Waals surface area contributed by atoms with Crippen molar-refractivity contribution in [2.45, 2.75) is 18.9 Å². The number of hydrogen-bond donors (Lipinski definition) is 4. The maximum Gasteiger partial charge on any atom is 0.328 e. The summed E-state index contributed by atoms with van der Waals surface area (Å²) < 4.78 is 13.1. The molecule has 4 rings (SSSR count). The Hall–Kier alpha value is -3.56. The van der Waals surface area contributed by atoms with E-state index in [1.54, 1.807) is 4.90 Å². The molecule has 3 heterocycles. The molecule has 1 atom stereocenters. The first-order valence-electron chi connectivity index (χ1n) is 10.4. The Bertz CT molecular complexity index is 1090. The van der Waals surface area contributed by atoms with Crippen LogP contribution in [0.15, 0.2) is 54.7 Å². The van der Waals surface area contributed by atoms with Crippen LogP contribution in [0.5, 0.6) is 0 Å². The van der Waals surface area contributed by atoms with E-state index in [2.05, 4.69) is 15.6 Å². The molecule has 0 saturated carbocycles. The molecule has 1 aromatic carbocycles. The number of anilines is 3. The van der Waals surface area contributed by atoms with Crippen LogP contribution in [-0.2, 0) is 6.42 Å². The van der Waals surface area contributed by atoms with Crippen LogP contribution in [0.1, 0.15) is 12.0 Å². The minimum Gasteiger partial charge on any atom is -0.394 e. The zero-order valence-electron chi connectivity index (χ0n) is 17.3. The minimum absolute atomic E-state index is 0.251. The lowest BCUT2D eigenvalue weighted by molar-refractivity contribution is 0.0955. The molecule has 2 aromatic heterocycles. The van der Waals surface area contributed by atoms with Crippen molar-refractivity contribution >= 4 is 23.4 Å². The van der Waals surface area contributed by atoms with Crippen molar-refractivity contribution in [1.82, 2.24) is 9.97 Å². The SMILES string of the molecule is O=C(Nc1ccc(F)cn1)N1CCCNc2ccc(-c3cccc(CC(O)CO)c3)nc21. The Morgan fingerprint density at radius 1 is 1.25 bits per heavy atom. The van der Waals surface area contributed by atoms with Gasteiger partial charge >= 0.3 is 6.03 Å². The quantitative estimate of drug-likeness (QED) is 0.488. The lowest BCUT2D eigenvalue weighted by Crippen LogP contribution is -2.36. The zero-order valence-corrected chi connectivity index (χ0v) is 17.3. The fourth-order valence-corrected chi connectivity index (χ4v) is 3.54. The number of carbonyl (C=O) groups excluding carboxylic acids is 1. The predicted molar refractivity (Wildman–Crippen MR) is 120 cm³/mol. The van der Waals surface area contributed by atoms with E-state index in [4.69, 9.17) is 10.1 Å². The van der Waals surface area contributed by atoms with E-state index in [0.717, 1.165) is 29.4 Å².